The fourth-order valence-corrected chi connectivity index (χ4v) is 1.68. The largest absolute Gasteiger partial charge is 0.376 e. The maximum Gasteiger partial charge on any atom is 0.241 e. The van der Waals surface area contributed by atoms with Crippen molar-refractivity contribution in [1.29, 1.82) is 0 Å². The predicted molar refractivity (Wildman–Crippen MR) is 70.0 cm³/mol. The maximum atomic E-state index is 11.6. The highest BCUT2D eigenvalue weighted by molar-refractivity contribution is 7.98. The number of hydrogen-bond donors (Lipinski definition) is 1. The molecule has 0 unspecified atom stereocenters. The molecule has 1 aromatic carbocycles. The number of nitrogens with zero attached hydrogens (tertiary/aromatic N) is 1. The van der Waals surface area contributed by atoms with Crippen LogP contribution in [0.4, 0.5) is 5.69 Å². The molecular weight excluding hydrogens is 220 g/mol. The van der Waals surface area contributed by atoms with Crippen molar-refractivity contribution in [3.63, 3.8) is 0 Å². The topological polar surface area (TPSA) is 32.3 Å². The minimum Gasteiger partial charge on any atom is -0.376 e. The van der Waals surface area contributed by atoms with Crippen LogP contribution in [0.1, 0.15) is 6.92 Å². The van der Waals surface area contributed by atoms with Crippen LogP contribution in [-0.4, -0.2) is 37.2 Å². The van der Waals surface area contributed by atoms with Crippen molar-refractivity contribution in [3.05, 3.63) is 24.3 Å². The summed E-state index contributed by atoms with van der Waals surface area (Å²) in [4.78, 5) is 14.5. The molecule has 0 saturated carbocycles. The molecule has 1 amide bonds. The molecule has 0 aliphatic carbocycles. The highest BCUT2D eigenvalue weighted by Gasteiger charge is 2.05. The first-order valence-electron chi connectivity index (χ1n) is 5.29. The van der Waals surface area contributed by atoms with Crippen molar-refractivity contribution < 1.29 is 4.79 Å². The molecule has 1 aromatic rings. The number of carbonyl (C=O) groups excluding carboxylic acids is 1. The SMILES string of the molecule is CCN(C)C(=O)CNc1cccc(SC)c1. The molecule has 0 aliphatic rings. The summed E-state index contributed by atoms with van der Waals surface area (Å²) in [5.74, 6) is 0.108. The summed E-state index contributed by atoms with van der Waals surface area (Å²) in [5, 5.41) is 3.13. The number of rotatable bonds is 5. The van der Waals surface area contributed by atoms with Crippen molar-refractivity contribution in [1.82, 2.24) is 4.90 Å². The Morgan fingerprint density at radius 2 is 2.25 bits per heavy atom. The van der Waals surface area contributed by atoms with Gasteiger partial charge in [0.25, 0.3) is 0 Å². The van der Waals surface area contributed by atoms with E-state index in [1.165, 1.54) is 4.90 Å². The van der Waals surface area contributed by atoms with Crippen molar-refractivity contribution >= 4 is 23.4 Å². The molecular formula is C12H18N2OS. The third kappa shape index (κ3) is 3.77. The maximum absolute atomic E-state index is 11.6. The van der Waals surface area contributed by atoms with Gasteiger partial charge in [-0.3, -0.25) is 4.79 Å². The van der Waals surface area contributed by atoms with Crippen LogP contribution in [0.5, 0.6) is 0 Å². The molecule has 1 N–H and O–H groups in total. The van der Waals surface area contributed by atoms with E-state index in [4.69, 9.17) is 0 Å². The third-order valence-electron chi connectivity index (χ3n) is 2.41. The number of amides is 1. The zero-order valence-electron chi connectivity index (χ0n) is 9.99. The second kappa shape index (κ2) is 6.43. The van der Waals surface area contributed by atoms with Gasteiger partial charge in [-0.25, -0.2) is 0 Å². The number of likely N-dealkylation sites (N-methyl/N-ethyl adjacent to an activating group) is 1. The molecule has 0 atom stereocenters. The van der Waals surface area contributed by atoms with E-state index in [2.05, 4.69) is 11.4 Å². The van der Waals surface area contributed by atoms with Gasteiger partial charge >= 0.3 is 0 Å². The van der Waals surface area contributed by atoms with Crippen LogP contribution in [0.3, 0.4) is 0 Å². The van der Waals surface area contributed by atoms with Crippen molar-refractivity contribution in [2.24, 2.45) is 0 Å². The minimum atomic E-state index is 0.108. The standard InChI is InChI=1S/C12H18N2OS/c1-4-14(2)12(15)9-13-10-6-5-7-11(8-10)16-3/h5-8,13H,4,9H2,1-3H3. The van der Waals surface area contributed by atoms with Gasteiger partial charge in [0.15, 0.2) is 0 Å². The summed E-state index contributed by atoms with van der Waals surface area (Å²) >= 11 is 1.69. The molecule has 0 aromatic heterocycles. The Morgan fingerprint density at radius 1 is 1.50 bits per heavy atom. The lowest BCUT2D eigenvalue weighted by Crippen LogP contribution is -2.31. The van der Waals surface area contributed by atoms with Crippen LogP contribution in [0.15, 0.2) is 29.2 Å². The number of thioether (sulfide) groups is 1. The first-order valence-corrected chi connectivity index (χ1v) is 6.51. The summed E-state index contributed by atoms with van der Waals surface area (Å²) < 4.78 is 0. The Labute approximate surface area is 101 Å². The van der Waals surface area contributed by atoms with Gasteiger partial charge in [-0.1, -0.05) is 6.07 Å². The van der Waals surface area contributed by atoms with Gasteiger partial charge in [-0.15, -0.1) is 11.8 Å². The summed E-state index contributed by atoms with van der Waals surface area (Å²) in [7, 11) is 1.81. The Kier molecular flexibility index (Phi) is 5.19. The number of nitrogens with one attached hydrogen (secondary N) is 1. The number of hydrogen-bond acceptors (Lipinski definition) is 3. The lowest BCUT2D eigenvalue weighted by Gasteiger charge is -2.15. The molecule has 0 fully saturated rings. The average molecular weight is 238 g/mol. The van der Waals surface area contributed by atoms with E-state index in [1.807, 2.05) is 38.4 Å². The van der Waals surface area contributed by atoms with E-state index >= 15 is 0 Å². The van der Waals surface area contributed by atoms with Gasteiger partial charge < -0.3 is 10.2 Å². The summed E-state index contributed by atoms with van der Waals surface area (Å²) in [5.41, 5.74) is 0.990. The predicted octanol–water partition coefficient (Wildman–Crippen LogP) is 2.30. The molecule has 0 heterocycles. The van der Waals surface area contributed by atoms with Crippen LogP contribution < -0.4 is 5.32 Å². The van der Waals surface area contributed by atoms with Crippen LogP contribution in [-0.2, 0) is 4.79 Å². The molecule has 3 nitrogen and oxygen atoms in total. The van der Waals surface area contributed by atoms with Crippen molar-refractivity contribution in [2.45, 2.75) is 11.8 Å². The number of benzene rings is 1. The summed E-state index contributed by atoms with van der Waals surface area (Å²) in [6.45, 7) is 3.06. The zero-order chi connectivity index (χ0) is 12.0. The summed E-state index contributed by atoms with van der Waals surface area (Å²) in [6.07, 6.45) is 2.04. The van der Waals surface area contributed by atoms with E-state index < -0.39 is 0 Å². The monoisotopic (exact) mass is 238 g/mol. The van der Waals surface area contributed by atoms with Crippen LogP contribution >= 0.6 is 11.8 Å². The van der Waals surface area contributed by atoms with E-state index in [-0.39, 0.29) is 5.91 Å². The molecule has 0 aliphatic heterocycles. The molecule has 1 rings (SSSR count). The Morgan fingerprint density at radius 3 is 2.88 bits per heavy atom. The Balaban J connectivity index is 2.51. The van der Waals surface area contributed by atoms with Crippen LogP contribution in [0, 0.1) is 0 Å². The minimum absolute atomic E-state index is 0.108. The smallest absolute Gasteiger partial charge is 0.241 e. The molecule has 0 bridgehead atoms. The zero-order valence-corrected chi connectivity index (χ0v) is 10.8. The molecule has 0 saturated heterocycles. The molecule has 0 radical (unpaired) electrons. The van der Waals surface area contributed by atoms with Gasteiger partial charge in [0, 0.05) is 24.2 Å². The molecule has 0 spiro atoms. The van der Waals surface area contributed by atoms with Gasteiger partial charge in [0.05, 0.1) is 6.54 Å². The van der Waals surface area contributed by atoms with Crippen LogP contribution in [0.2, 0.25) is 0 Å². The normalized spacial score (nSPS) is 9.94. The molecule has 4 heteroatoms. The summed E-state index contributed by atoms with van der Waals surface area (Å²) in [6, 6.07) is 8.06. The van der Waals surface area contributed by atoms with E-state index in [0.717, 1.165) is 12.2 Å². The fourth-order valence-electron chi connectivity index (χ4n) is 1.22. The highest BCUT2D eigenvalue weighted by atomic mass is 32.2. The Hall–Kier alpha value is -1.16. The second-order valence-corrected chi connectivity index (χ2v) is 4.37. The quantitative estimate of drug-likeness (QED) is 0.799. The van der Waals surface area contributed by atoms with Crippen molar-refractivity contribution in [3.8, 4) is 0 Å². The van der Waals surface area contributed by atoms with Crippen molar-refractivity contribution in [2.75, 3.05) is 31.7 Å². The van der Waals surface area contributed by atoms with E-state index in [0.29, 0.717) is 6.54 Å². The van der Waals surface area contributed by atoms with Gasteiger partial charge in [-0.05, 0) is 31.4 Å². The fraction of sp³-hybridized carbons (Fsp3) is 0.417. The van der Waals surface area contributed by atoms with Gasteiger partial charge in [0.1, 0.15) is 0 Å². The highest BCUT2D eigenvalue weighted by Crippen LogP contribution is 2.18. The first-order chi connectivity index (χ1) is 7.67. The van der Waals surface area contributed by atoms with Gasteiger partial charge in [-0.2, -0.15) is 0 Å². The Bertz CT molecular complexity index is 355. The lowest BCUT2D eigenvalue weighted by atomic mass is 10.3. The van der Waals surface area contributed by atoms with E-state index in [9.17, 15) is 4.79 Å². The van der Waals surface area contributed by atoms with E-state index in [1.54, 1.807) is 16.7 Å². The molecule has 16 heavy (non-hydrogen) atoms. The number of carbonyl (C=O) groups is 1. The van der Waals surface area contributed by atoms with Crippen LogP contribution in [0.25, 0.3) is 0 Å². The third-order valence-corrected chi connectivity index (χ3v) is 3.14. The first kappa shape index (κ1) is 12.9. The lowest BCUT2D eigenvalue weighted by molar-refractivity contribution is -0.127. The molecule has 88 valence electrons. The second-order valence-electron chi connectivity index (χ2n) is 3.49. The van der Waals surface area contributed by atoms with Gasteiger partial charge in [0.2, 0.25) is 5.91 Å². The number of anilines is 1. The average Bonchev–Trinajstić information content (AvgIpc) is 2.35.